The summed E-state index contributed by atoms with van der Waals surface area (Å²) in [5.41, 5.74) is 0.488. The normalized spacial score (nSPS) is 12.1. The zero-order valence-corrected chi connectivity index (χ0v) is 7.28. The van der Waals surface area contributed by atoms with Crippen LogP contribution in [-0.4, -0.2) is 31.0 Å². The molecule has 0 spiro atoms. The maximum atomic E-state index is 10.9. The van der Waals surface area contributed by atoms with Crippen molar-refractivity contribution in [2.24, 2.45) is 4.99 Å². The van der Waals surface area contributed by atoms with Crippen molar-refractivity contribution in [3.05, 3.63) is 11.8 Å². The summed E-state index contributed by atoms with van der Waals surface area (Å²) >= 11 is 0. The van der Waals surface area contributed by atoms with Gasteiger partial charge in [-0.3, -0.25) is 4.99 Å². The predicted molar refractivity (Wildman–Crippen MR) is 46.0 cm³/mol. The minimum absolute atomic E-state index is 0.130. The van der Waals surface area contributed by atoms with E-state index < -0.39 is 0 Å². The summed E-state index contributed by atoms with van der Waals surface area (Å²) in [4.78, 5) is 14.6. The van der Waals surface area contributed by atoms with E-state index in [0.717, 1.165) is 0 Å². The molecule has 0 aliphatic rings. The van der Waals surface area contributed by atoms with Gasteiger partial charge in [0.05, 0.1) is 19.3 Å². The number of esters is 1. The second-order valence-electron chi connectivity index (χ2n) is 2.01. The highest BCUT2D eigenvalue weighted by Gasteiger charge is 2.04. The van der Waals surface area contributed by atoms with E-state index in [1.807, 2.05) is 6.92 Å². The Kier molecular flexibility index (Phi) is 5.91. The zero-order valence-electron chi connectivity index (χ0n) is 7.28. The molecule has 12 heavy (non-hydrogen) atoms. The number of aliphatic hydroxyl groups excluding tert-OH is 1. The molecule has 0 saturated carbocycles. The first-order chi connectivity index (χ1) is 5.76. The third kappa shape index (κ3) is 3.88. The van der Waals surface area contributed by atoms with Crippen LogP contribution in [0.1, 0.15) is 13.3 Å². The van der Waals surface area contributed by atoms with Crippen LogP contribution < -0.4 is 0 Å². The molecule has 0 fully saturated rings. The summed E-state index contributed by atoms with van der Waals surface area (Å²) in [7, 11) is 1.32. The first kappa shape index (κ1) is 10.8. The van der Waals surface area contributed by atoms with Crippen molar-refractivity contribution in [2.75, 3.05) is 13.7 Å². The van der Waals surface area contributed by atoms with Gasteiger partial charge in [-0.2, -0.15) is 0 Å². The number of carbonyl (C=O) groups is 1. The molecule has 0 aromatic heterocycles. The van der Waals surface area contributed by atoms with Crippen LogP contribution in [-0.2, 0) is 9.53 Å². The number of methoxy groups -OCH3 is 1. The quantitative estimate of drug-likeness (QED) is 0.381. The molecule has 0 heterocycles. The Morgan fingerprint density at radius 1 is 1.67 bits per heavy atom. The molecule has 0 aliphatic carbocycles. The van der Waals surface area contributed by atoms with Gasteiger partial charge in [-0.1, -0.05) is 6.92 Å². The van der Waals surface area contributed by atoms with Crippen LogP contribution in [0.3, 0.4) is 0 Å². The van der Waals surface area contributed by atoms with E-state index in [4.69, 9.17) is 5.11 Å². The standard InChI is InChI=1S/C8H13NO3/c1-3-7(8(11)12-2)6-9-4-5-10/h4,6,10H,3,5H2,1-2H3/b7-6+,9-4-. The minimum Gasteiger partial charge on any atom is -0.466 e. The van der Waals surface area contributed by atoms with Gasteiger partial charge in [0.25, 0.3) is 0 Å². The van der Waals surface area contributed by atoms with E-state index in [0.29, 0.717) is 12.0 Å². The SMILES string of the molecule is CC/C(=C\N=C/CO)C(=O)OC. The average Bonchev–Trinajstić information content (AvgIpc) is 2.11. The van der Waals surface area contributed by atoms with Gasteiger partial charge in [-0.15, -0.1) is 0 Å². The highest BCUT2D eigenvalue weighted by atomic mass is 16.5. The first-order valence-electron chi connectivity index (χ1n) is 3.66. The second-order valence-corrected chi connectivity index (χ2v) is 2.01. The molecule has 0 atom stereocenters. The average molecular weight is 171 g/mol. The molecule has 0 rings (SSSR count). The van der Waals surface area contributed by atoms with Crippen molar-refractivity contribution in [2.45, 2.75) is 13.3 Å². The number of aliphatic imine (C=N–C) groups is 1. The Labute approximate surface area is 71.6 Å². The van der Waals surface area contributed by atoms with Crippen molar-refractivity contribution in [1.82, 2.24) is 0 Å². The molecule has 68 valence electrons. The van der Waals surface area contributed by atoms with Gasteiger partial charge in [-0.05, 0) is 6.42 Å². The number of nitrogens with zero attached hydrogens (tertiary/aromatic N) is 1. The van der Waals surface area contributed by atoms with Crippen molar-refractivity contribution in [1.29, 1.82) is 0 Å². The highest BCUT2D eigenvalue weighted by Crippen LogP contribution is 2.02. The number of aliphatic hydroxyl groups is 1. The van der Waals surface area contributed by atoms with E-state index >= 15 is 0 Å². The summed E-state index contributed by atoms with van der Waals surface area (Å²) in [6, 6.07) is 0. The van der Waals surface area contributed by atoms with E-state index in [9.17, 15) is 4.79 Å². The number of hydrogen-bond donors (Lipinski definition) is 1. The highest BCUT2D eigenvalue weighted by molar-refractivity contribution is 5.88. The summed E-state index contributed by atoms with van der Waals surface area (Å²) < 4.78 is 4.49. The van der Waals surface area contributed by atoms with Gasteiger partial charge in [0.2, 0.25) is 0 Å². The Morgan fingerprint density at radius 3 is 2.75 bits per heavy atom. The number of hydrogen-bond acceptors (Lipinski definition) is 4. The smallest absolute Gasteiger partial charge is 0.335 e. The fourth-order valence-electron chi connectivity index (χ4n) is 0.609. The van der Waals surface area contributed by atoms with E-state index in [1.54, 1.807) is 0 Å². The second kappa shape index (κ2) is 6.54. The minimum atomic E-state index is -0.382. The molecule has 0 amide bonds. The summed E-state index contributed by atoms with van der Waals surface area (Å²) in [6.45, 7) is 1.70. The first-order valence-corrected chi connectivity index (χ1v) is 3.66. The van der Waals surface area contributed by atoms with Gasteiger partial charge >= 0.3 is 5.97 Å². The lowest BCUT2D eigenvalue weighted by Crippen LogP contribution is -2.03. The molecule has 4 nitrogen and oxygen atoms in total. The van der Waals surface area contributed by atoms with Gasteiger partial charge in [-0.25, -0.2) is 4.79 Å². The number of rotatable bonds is 4. The summed E-state index contributed by atoms with van der Waals surface area (Å²) in [5.74, 6) is -0.382. The van der Waals surface area contributed by atoms with Gasteiger partial charge < -0.3 is 9.84 Å². The monoisotopic (exact) mass is 171 g/mol. The van der Waals surface area contributed by atoms with Gasteiger partial charge in [0, 0.05) is 12.4 Å². The van der Waals surface area contributed by atoms with Crippen molar-refractivity contribution < 1.29 is 14.6 Å². The Morgan fingerprint density at radius 2 is 2.33 bits per heavy atom. The fraction of sp³-hybridized carbons (Fsp3) is 0.500. The van der Waals surface area contributed by atoms with Gasteiger partial charge in [0.1, 0.15) is 0 Å². The lowest BCUT2D eigenvalue weighted by Gasteiger charge is -1.98. The molecule has 0 saturated heterocycles. The zero-order chi connectivity index (χ0) is 9.40. The van der Waals surface area contributed by atoms with Crippen LogP contribution in [0.2, 0.25) is 0 Å². The maximum absolute atomic E-state index is 10.9. The van der Waals surface area contributed by atoms with Crippen LogP contribution in [0.4, 0.5) is 0 Å². The lowest BCUT2D eigenvalue weighted by atomic mass is 10.2. The van der Waals surface area contributed by atoms with E-state index in [1.165, 1.54) is 19.5 Å². The fourth-order valence-corrected chi connectivity index (χ4v) is 0.609. The molecule has 0 unspecified atom stereocenters. The largest absolute Gasteiger partial charge is 0.466 e. The van der Waals surface area contributed by atoms with Crippen LogP contribution in [0.25, 0.3) is 0 Å². The van der Waals surface area contributed by atoms with Crippen molar-refractivity contribution in [3.63, 3.8) is 0 Å². The molecular weight excluding hydrogens is 158 g/mol. The molecule has 4 heteroatoms. The topological polar surface area (TPSA) is 58.9 Å². The molecule has 0 aliphatic heterocycles. The van der Waals surface area contributed by atoms with Crippen LogP contribution in [0, 0.1) is 0 Å². The predicted octanol–water partition coefficient (Wildman–Crippen LogP) is 0.516. The molecule has 1 N–H and O–H groups in total. The Balaban J connectivity index is 4.22. The number of ether oxygens (including phenoxy) is 1. The van der Waals surface area contributed by atoms with Crippen molar-refractivity contribution >= 4 is 12.2 Å². The molecule has 0 aromatic carbocycles. The number of carbonyl (C=O) groups excluding carboxylic acids is 1. The summed E-state index contributed by atoms with van der Waals surface area (Å²) in [6.07, 6.45) is 3.26. The van der Waals surface area contributed by atoms with Crippen LogP contribution >= 0.6 is 0 Å². The Bertz CT molecular complexity index is 196. The van der Waals surface area contributed by atoms with E-state index in [2.05, 4.69) is 9.73 Å². The molecular formula is C8H13NO3. The van der Waals surface area contributed by atoms with E-state index in [-0.39, 0.29) is 12.6 Å². The van der Waals surface area contributed by atoms with Crippen molar-refractivity contribution in [3.8, 4) is 0 Å². The van der Waals surface area contributed by atoms with Crippen LogP contribution in [0.15, 0.2) is 16.8 Å². The van der Waals surface area contributed by atoms with Crippen LogP contribution in [0.5, 0.6) is 0 Å². The Hall–Kier alpha value is -1.16. The van der Waals surface area contributed by atoms with Gasteiger partial charge in [0.15, 0.2) is 0 Å². The molecule has 0 bridgehead atoms. The lowest BCUT2D eigenvalue weighted by molar-refractivity contribution is -0.136. The maximum Gasteiger partial charge on any atom is 0.335 e. The summed E-state index contributed by atoms with van der Waals surface area (Å²) in [5, 5.41) is 8.35. The molecule has 0 radical (unpaired) electrons. The third-order valence-electron chi connectivity index (χ3n) is 1.25. The molecule has 0 aromatic rings. The third-order valence-corrected chi connectivity index (χ3v) is 1.25.